The fourth-order valence-electron chi connectivity index (χ4n) is 2.06. The Morgan fingerprint density at radius 1 is 1.50 bits per heavy atom. The lowest BCUT2D eigenvalue weighted by Gasteiger charge is -2.27. The third-order valence-electron chi connectivity index (χ3n) is 2.66. The van der Waals surface area contributed by atoms with Crippen LogP contribution >= 0.6 is 11.5 Å². The van der Waals surface area contributed by atoms with E-state index in [0.29, 0.717) is 0 Å². The van der Waals surface area contributed by atoms with Gasteiger partial charge in [0.25, 0.3) is 0 Å². The third-order valence-corrected chi connectivity index (χ3v) is 3.54. The Bertz CT molecular complexity index is 381. The van der Waals surface area contributed by atoms with Crippen molar-refractivity contribution < 1.29 is 0 Å². The number of rotatable bonds is 3. The lowest BCUT2D eigenvalue weighted by molar-refractivity contribution is 0.270. The first-order chi connectivity index (χ1) is 7.65. The summed E-state index contributed by atoms with van der Waals surface area (Å²) in [5.41, 5.74) is 1.36. The molecule has 88 valence electrons. The number of aryl methyl sites for hydroxylation is 1. The van der Waals surface area contributed by atoms with Crippen molar-refractivity contribution in [1.82, 2.24) is 14.3 Å². The summed E-state index contributed by atoms with van der Waals surface area (Å²) in [4.78, 5) is 6.97. The molecule has 0 N–H and O–H groups in total. The number of hydrogen-bond acceptors (Lipinski definition) is 4. The zero-order valence-corrected chi connectivity index (χ0v) is 11.0. The molecule has 0 spiro atoms. The maximum atomic E-state index is 4.46. The Kier molecular flexibility index (Phi) is 3.71. The van der Waals surface area contributed by atoms with Crippen molar-refractivity contribution >= 4 is 17.1 Å². The molecular weight excluding hydrogens is 218 g/mol. The standard InChI is InChI=1S/C12H19N3S/c1-9(2)7-15-6-4-5-11(8-15)12-13-10(3)14-16-12/h5,9H,4,6-8H2,1-3H3. The van der Waals surface area contributed by atoms with Crippen molar-refractivity contribution in [1.29, 1.82) is 0 Å². The van der Waals surface area contributed by atoms with Crippen LogP contribution in [0.15, 0.2) is 6.08 Å². The van der Waals surface area contributed by atoms with E-state index >= 15 is 0 Å². The summed E-state index contributed by atoms with van der Waals surface area (Å²) in [5.74, 6) is 1.62. The van der Waals surface area contributed by atoms with Crippen LogP contribution in [0.2, 0.25) is 0 Å². The van der Waals surface area contributed by atoms with Gasteiger partial charge in [0.1, 0.15) is 10.8 Å². The molecule has 0 aromatic carbocycles. The fourth-order valence-corrected chi connectivity index (χ4v) is 2.76. The zero-order chi connectivity index (χ0) is 11.5. The van der Waals surface area contributed by atoms with Crippen LogP contribution < -0.4 is 0 Å². The number of hydrogen-bond donors (Lipinski definition) is 0. The van der Waals surface area contributed by atoms with Gasteiger partial charge in [-0.3, -0.25) is 4.90 Å². The Morgan fingerprint density at radius 2 is 2.31 bits per heavy atom. The van der Waals surface area contributed by atoms with Crippen molar-refractivity contribution in [2.24, 2.45) is 5.92 Å². The number of nitrogens with zero attached hydrogens (tertiary/aromatic N) is 3. The molecular formula is C12H19N3S. The van der Waals surface area contributed by atoms with Crippen LogP contribution in [-0.4, -0.2) is 33.9 Å². The van der Waals surface area contributed by atoms with Crippen LogP contribution in [0, 0.1) is 12.8 Å². The van der Waals surface area contributed by atoms with Crippen molar-refractivity contribution in [2.45, 2.75) is 27.2 Å². The minimum Gasteiger partial charge on any atom is -0.298 e. The van der Waals surface area contributed by atoms with E-state index in [4.69, 9.17) is 0 Å². The van der Waals surface area contributed by atoms with Crippen molar-refractivity contribution in [3.05, 3.63) is 16.9 Å². The molecule has 16 heavy (non-hydrogen) atoms. The second-order valence-corrected chi connectivity index (χ2v) is 5.55. The second-order valence-electron chi connectivity index (χ2n) is 4.79. The minimum absolute atomic E-state index is 0.732. The van der Waals surface area contributed by atoms with Gasteiger partial charge in [-0.05, 0) is 36.4 Å². The van der Waals surface area contributed by atoms with Crippen LogP contribution in [-0.2, 0) is 0 Å². The molecule has 1 aromatic heterocycles. The molecule has 3 nitrogen and oxygen atoms in total. The molecule has 0 saturated carbocycles. The predicted octanol–water partition coefficient (Wildman–Crippen LogP) is 2.59. The highest BCUT2D eigenvalue weighted by atomic mass is 32.1. The summed E-state index contributed by atoms with van der Waals surface area (Å²) >= 11 is 1.52. The molecule has 0 unspecified atom stereocenters. The Balaban J connectivity index is 2.04. The second kappa shape index (κ2) is 5.06. The minimum atomic E-state index is 0.732. The summed E-state index contributed by atoms with van der Waals surface area (Å²) in [5, 5.41) is 1.10. The lowest BCUT2D eigenvalue weighted by Crippen LogP contribution is -2.32. The highest BCUT2D eigenvalue weighted by Crippen LogP contribution is 2.22. The monoisotopic (exact) mass is 237 g/mol. The molecule has 2 heterocycles. The Hall–Kier alpha value is -0.740. The van der Waals surface area contributed by atoms with E-state index in [1.165, 1.54) is 30.2 Å². The van der Waals surface area contributed by atoms with Gasteiger partial charge in [-0.25, -0.2) is 4.98 Å². The normalized spacial score (nSPS) is 17.9. The van der Waals surface area contributed by atoms with Gasteiger partial charge in [0.2, 0.25) is 0 Å². The van der Waals surface area contributed by atoms with Crippen LogP contribution in [0.1, 0.15) is 31.1 Å². The van der Waals surface area contributed by atoms with E-state index < -0.39 is 0 Å². The van der Waals surface area contributed by atoms with E-state index in [9.17, 15) is 0 Å². The average Bonchev–Trinajstić information content (AvgIpc) is 2.64. The van der Waals surface area contributed by atoms with Gasteiger partial charge in [-0.1, -0.05) is 19.9 Å². The smallest absolute Gasteiger partial charge is 0.140 e. The predicted molar refractivity (Wildman–Crippen MR) is 68.5 cm³/mol. The summed E-state index contributed by atoms with van der Waals surface area (Å²) < 4.78 is 4.25. The van der Waals surface area contributed by atoms with Crippen LogP contribution in [0.3, 0.4) is 0 Å². The quantitative estimate of drug-likeness (QED) is 0.809. The lowest BCUT2D eigenvalue weighted by atomic mass is 10.1. The van der Waals surface area contributed by atoms with Crippen molar-refractivity contribution in [3.63, 3.8) is 0 Å². The van der Waals surface area contributed by atoms with Crippen molar-refractivity contribution in [3.8, 4) is 0 Å². The van der Waals surface area contributed by atoms with E-state index in [1.807, 2.05) is 6.92 Å². The molecule has 4 heteroatoms. The molecule has 0 atom stereocenters. The molecule has 0 bridgehead atoms. The molecule has 0 amide bonds. The topological polar surface area (TPSA) is 29.0 Å². The van der Waals surface area contributed by atoms with Crippen LogP contribution in [0.5, 0.6) is 0 Å². The maximum absolute atomic E-state index is 4.46. The molecule has 0 radical (unpaired) electrons. The van der Waals surface area contributed by atoms with E-state index in [2.05, 4.69) is 34.2 Å². The third kappa shape index (κ3) is 2.89. The van der Waals surface area contributed by atoms with Crippen LogP contribution in [0.4, 0.5) is 0 Å². The Morgan fingerprint density at radius 3 is 2.94 bits per heavy atom. The van der Waals surface area contributed by atoms with E-state index in [-0.39, 0.29) is 0 Å². The van der Waals surface area contributed by atoms with Gasteiger partial charge in [0, 0.05) is 19.6 Å². The molecule has 1 aromatic rings. The van der Waals surface area contributed by atoms with Gasteiger partial charge >= 0.3 is 0 Å². The summed E-state index contributed by atoms with van der Waals surface area (Å²) in [6.45, 7) is 9.89. The zero-order valence-electron chi connectivity index (χ0n) is 10.2. The highest BCUT2D eigenvalue weighted by molar-refractivity contribution is 7.06. The number of aromatic nitrogens is 2. The van der Waals surface area contributed by atoms with Gasteiger partial charge in [-0.2, -0.15) is 4.37 Å². The SMILES string of the molecule is Cc1nsc(C2=CCCN(CC(C)C)C2)n1. The van der Waals surface area contributed by atoms with E-state index in [1.54, 1.807) is 0 Å². The summed E-state index contributed by atoms with van der Waals surface area (Å²) in [6.07, 6.45) is 3.46. The first-order valence-corrected chi connectivity index (χ1v) is 6.64. The van der Waals surface area contributed by atoms with Gasteiger partial charge < -0.3 is 0 Å². The highest BCUT2D eigenvalue weighted by Gasteiger charge is 2.16. The maximum Gasteiger partial charge on any atom is 0.140 e. The summed E-state index contributed by atoms with van der Waals surface area (Å²) in [6, 6.07) is 0. The summed E-state index contributed by atoms with van der Waals surface area (Å²) in [7, 11) is 0. The molecule has 1 aliphatic heterocycles. The Labute approximate surface area is 101 Å². The molecule has 0 saturated heterocycles. The first kappa shape index (κ1) is 11.7. The molecule has 0 fully saturated rings. The molecule has 2 rings (SSSR count). The van der Waals surface area contributed by atoms with Crippen LogP contribution in [0.25, 0.3) is 5.57 Å². The largest absolute Gasteiger partial charge is 0.298 e. The molecule has 1 aliphatic rings. The fraction of sp³-hybridized carbons (Fsp3) is 0.667. The van der Waals surface area contributed by atoms with Gasteiger partial charge in [0.15, 0.2) is 0 Å². The average molecular weight is 237 g/mol. The first-order valence-electron chi connectivity index (χ1n) is 5.87. The molecule has 0 aliphatic carbocycles. The van der Waals surface area contributed by atoms with E-state index in [0.717, 1.165) is 29.7 Å². The van der Waals surface area contributed by atoms with Crippen molar-refractivity contribution in [2.75, 3.05) is 19.6 Å². The van der Waals surface area contributed by atoms with Gasteiger partial charge in [-0.15, -0.1) is 0 Å². The van der Waals surface area contributed by atoms with Gasteiger partial charge in [0.05, 0.1) is 0 Å².